The average Bonchev–Trinajstić information content (AvgIpc) is 2.62. The van der Waals surface area contributed by atoms with Gasteiger partial charge >= 0.3 is 6.61 Å². The second-order valence-electron chi connectivity index (χ2n) is 5.27. The van der Waals surface area contributed by atoms with Crippen LogP contribution in [0.15, 0.2) is 47.5 Å². The number of hydrogen-bond donors (Lipinski definition) is 2. The summed E-state index contributed by atoms with van der Waals surface area (Å²) in [6.45, 7) is -2.47. The lowest BCUT2D eigenvalue weighted by Crippen LogP contribution is -2.23. The number of aliphatic imine (C=N–C) groups is 1. The van der Waals surface area contributed by atoms with Gasteiger partial charge in [0.05, 0.1) is 20.3 Å². The Bertz CT molecular complexity index is 760. The number of methoxy groups -OCH3 is 2. The van der Waals surface area contributed by atoms with Gasteiger partial charge in [0, 0.05) is 23.9 Å². The molecule has 0 saturated heterocycles. The molecule has 2 aromatic rings. The van der Waals surface area contributed by atoms with Gasteiger partial charge in [-0.3, -0.25) is 0 Å². The monoisotopic (exact) mass is 493 g/mol. The summed E-state index contributed by atoms with van der Waals surface area (Å²) in [6.07, 6.45) is 0. The molecule has 0 heterocycles. The van der Waals surface area contributed by atoms with Crippen molar-refractivity contribution in [2.45, 2.75) is 19.8 Å². The third kappa shape index (κ3) is 7.18. The molecule has 27 heavy (non-hydrogen) atoms. The van der Waals surface area contributed by atoms with Crippen LogP contribution in [0.5, 0.6) is 11.5 Å². The molecule has 6 nitrogen and oxygen atoms in total. The Morgan fingerprint density at radius 2 is 1.89 bits per heavy atom. The maximum absolute atomic E-state index is 12.5. The minimum absolute atomic E-state index is 0. The summed E-state index contributed by atoms with van der Waals surface area (Å²) in [5.74, 6) is 0.672. The largest absolute Gasteiger partial charge is 0.497 e. The number of hydrogen-bond acceptors (Lipinski definition) is 4. The van der Waals surface area contributed by atoms with Crippen LogP contribution in [0.1, 0.15) is 11.1 Å². The lowest BCUT2D eigenvalue weighted by Gasteiger charge is -2.13. The average molecular weight is 493 g/mol. The Morgan fingerprint density at radius 3 is 2.56 bits per heavy atom. The van der Waals surface area contributed by atoms with Crippen LogP contribution in [-0.4, -0.2) is 26.8 Å². The van der Waals surface area contributed by atoms with E-state index in [-0.39, 0.29) is 42.2 Å². The molecule has 0 spiro atoms. The predicted octanol–water partition coefficient (Wildman–Crippen LogP) is 3.99. The minimum Gasteiger partial charge on any atom is -0.497 e. The Balaban J connectivity index is 0.00000364. The SMILES string of the molecule is COCc1ccccc1NC(N)=NCc1cc(OC)ccc1OC(F)F.I. The number of rotatable bonds is 8. The van der Waals surface area contributed by atoms with Crippen molar-refractivity contribution in [3.63, 3.8) is 0 Å². The number of halogens is 3. The second-order valence-corrected chi connectivity index (χ2v) is 5.27. The zero-order valence-electron chi connectivity index (χ0n) is 14.9. The molecule has 0 aromatic heterocycles. The van der Waals surface area contributed by atoms with E-state index in [9.17, 15) is 8.78 Å². The Hall–Kier alpha value is -2.14. The third-order valence-corrected chi connectivity index (χ3v) is 3.48. The van der Waals surface area contributed by atoms with E-state index in [0.717, 1.165) is 11.3 Å². The molecule has 0 atom stereocenters. The van der Waals surface area contributed by atoms with Crippen molar-refractivity contribution < 1.29 is 23.0 Å². The quantitative estimate of drug-likeness (QED) is 0.331. The van der Waals surface area contributed by atoms with Crippen LogP contribution < -0.4 is 20.5 Å². The van der Waals surface area contributed by atoms with Gasteiger partial charge in [0.1, 0.15) is 11.5 Å². The van der Waals surface area contributed by atoms with E-state index in [1.54, 1.807) is 13.2 Å². The molecule has 0 fully saturated rings. The molecular weight excluding hydrogens is 471 g/mol. The first kappa shape index (κ1) is 22.9. The molecule has 0 radical (unpaired) electrons. The smallest absolute Gasteiger partial charge is 0.387 e. The van der Waals surface area contributed by atoms with Gasteiger partial charge in [-0.25, -0.2) is 4.99 Å². The second kappa shape index (κ2) is 11.5. The Morgan fingerprint density at radius 1 is 1.15 bits per heavy atom. The van der Waals surface area contributed by atoms with Crippen molar-refractivity contribution in [1.82, 2.24) is 0 Å². The van der Waals surface area contributed by atoms with E-state index < -0.39 is 6.61 Å². The number of para-hydroxylation sites is 1. The highest BCUT2D eigenvalue weighted by Gasteiger charge is 2.11. The number of anilines is 1. The van der Waals surface area contributed by atoms with Gasteiger partial charge in [-0.05, 0) is 24.3 Å². The van der Waals surface area contributed by atoms with E-state index in [4.69, 9.17) is 15.2 Å². The maximum Gasteiger partial charge on any atom is 0.387 e. The molecule has 2 rings (SSSR count). The highest BCUT2D eigenvalue weighted by molar-refractivity contribution is 14.0. The number of nitrogens with two attached hydrogens (primary N) is 1. The van der Waals surface area contributed by atoms with Crippen molar-refractivity contribution in [1.29, 1.82) is 0 Å². The molecule has 0 aliphatic carbocycles. The van der Waals surface area contributed by atoms with E-state index in [1.165, 1.54) is 19.2 Å². The molecule has 9 heteroatoms. The van der Waals surface area contributed by atoms with Crippen LogP contribution in [0.4, 0.5) is 14.5 Å². The van der Waals surface area contributed by atoms with Crippen molar-refractivity contribution in [2.75, 3.05) is 19.5 Å². The number of ether oxygens (including phenoxy) is 3. The van der Waals surface area contributed by atoms with Gasteiger partial charge in [-0.2, -0.15) is 8.78 Å². The summed E-state index contributed by atoms with van der Waals surface area (Å²) in [4.78, 5) is 4.20. The molecule has 0 unspecified atom stereocenters. The summed E-state index contributed by atoms with van der Waals surface area (Å²) in [7, 11) is 3.08. The lowest BCUT2D eigenvalue weighted by molar-refractivity contribution is -0.0504. The number of alkyl halides is 2. The fourth-order valence-corrected chi connectivity index (χ4v) is 2.29. The van der Waals surface area contributed by atoms with E-state index >= 15 is 0 Å². The molecule has 3 N–H and O–H groups in total. The van der Waals surface area contributed by atoms with Crippen molar-refractivity contribution in [3.05, 3.63) is 53.6 Å². The predicted molar refractivity (Wildman–Crippen MR) is 111 cm³/mol. The van der Waals surface area contributed by atoms with Gasteiger partial charge in [0.25, 0.3) is 0 Å². The molecule has 0 saturated carbocycles. The number of guanidine groups is 1. The summed E-state index contributed by atoms with van der Waals surface area (Å²) < 4.78 is 39.8. The molecule has 0 bridgehead atoms. The fourth-order valence-electron chi connectivity index (χ4n) is 2.29. The fraction of sp³-hybridized carbons (Fsp3) is 0.278. The molecule has 2 aromatic carbocycles. The van der Waals surface area contributed by atoms with Crippen LogP contribution in [0, 0.1) is 0 Å². The van der Waals surface area contributed by atoms with Crippen molar-refractivity contribution >= 4 is 35.6 Å². The number of nitrogens with one attached hydrogen (secondary N) is 1. The van der Waals surface area contributed by atoms with Crippen LogP contribution >= 0.6 is 24.0 Å². The van der Waals surface area contributed by atoms with Crippen LogP contribution in [-0.2, 0) is 17.9 Å². The van der Waals surface area contributed by atoms with Crippen LogP contribution in [0.3, 0.4) is 0 Å². The minimum atomic E-state index is -2.93. The number of nitrogens with zero attached hydrogens (tertiary/aromatic N) is 1. The van der Waals surface area contributed by atoms with Crippen molar-refractivity contribution in [3.8, 4) is 11.5 Å². The summed E-state index contributed by atoms with van der Waals surface area (Å²) >= 11 is 0. The van der Waals surface area contributed by atoms with E-state index in [0.29, 0.717) is 17.9 Å². The number of benzene rings is 2. The molecule has 0 amide bonds. The van der Waals surface area contributed by atoms with Gasteiger partial charge in [0.15, 0.2) is 5.96 Å². The first-order valence-corrected chi connectivity index (χ1v) is 7.79. The standard InChI is InChI=1S/C18H21F2N3O3.HI/c1-24-11-12-5-3-4-6-15(12)23-18(21)22-10-13-9-14(25-2)7-8-16(13)26-17(19)20;/h3-9,17H,10-11H2,1-2H3,(H3,21,22,23);1H. The first-order valence-electron chi connectivity index (χ1n) is 7.79. The molecule has 0 aliphatic rings. The van der Waals surface area contributed by atoms with Gasteiger partial charge in [-0.1, -0.05) is 18.2 Å². The maximum atomic E-state index is 12.5. The Kier molecular flexibility index (Phi) is 9.79. The zero-order chi connectivity index (χ0) is 18.9. The van der Waals surface area contributed by atoms with Crippen LogP contribution in [0.25, 0.3) is 0 Å². The van der Waals surface area contributed by atoms with Crippen LogP contribution in [0.2, 0.25) is 0 Å². The topological polar surface area (TPSA) is 78.1 Å². The molecule has 148 valence electrons. The normalized spacial score (nSPS) is 11.1. The molecular formula is C18H22F2IN3O3. The zero-order valence-corrected chi connectivity index (χ0v) is 17.3. The van der Waals surface area contributed by atoms with Crippen molar-refractivity contribution in [2.24, 2.45) is 10.7 Å². The van der Waals surface area contributed by atoms with Gasteiger partial charge in [0.2, 0.25) is 0 Å². The Labute approximate surface area is 173 Å². The first-order chi connectivity index (χ1) is 12.5. The van der Waals surface area contributed by atoms with E-state index in [1.807, 2.05) is 24.3 Å². The van der Waals surface area contributed by atoms with Gasteiger partial charge < -0.3 is 25.3 Å². The summed E-state index contributed by atoms with van der Waals surface area (Å²) in [6, 6.07) is 12.0. The molecule has 0 aliphatic heterocycles. The summed E-state index contributed by atoms with van der Waals surface area (Å²) in [5, 5.41) is 2.98. The lowest BCUT2D eigenvalue weighted by atomic mass is 10.2. The highest BCUT2D eigenvalue weighted by Crippen LogP contribution is 2.26. The summed E-state index contributed by atoms with van der Waals surface area (Å²) in [5.41, 5.74) is 8.02. The third-order valence-electron chi connectivity index (χ3n) is 3.48. The highest BCUT2D eigenvalue weighted by atomic mass is 127. The van der Waals surface area contributed by atoms with E-state index in [2.05, 4.69) is 15.0 Å². The van der Waals surface area contributed by atoms with Gasteiger partial charge in [-0.15, -0.1) is 24.0 Å².